The van der Waals surface area contributed by atoms with Gasteiger partial charge in [-0.05, 0) is 43.4 Å². The normalized spacial score (nSPS) is 16.8. The number of nitrogens with zero attached hydrogens (tertiary/aromatic N) is 3. The van der Waals surface area contributed by atoms with Crippen LogP contribution in [-0.4, -0.2) is 27.6 Å². The lowest BCUT2D eigenvalue weighted by Crippen LogP contribution is -2.39. The molecule has 1 saturated heterocycles. The third kappa shape index (κ3) is 3.08. The molecule has 0 bridgehead atoms. The van der Waals surface area contributed by atoms with Crippen LogP contribution in [0.5, 0.6) is 0 Å². The fourth-order valence-corrected chi connectivity index (χ4v) is 3.36. The van der Waals surface area contributed by atoms with Crippen molar-refractivity contribution in [2.45, 2.75) is 13.1 Å². The van der Waals surface area contributed by atoms with Gasteiger partial charge in [0, 0.05) is 11.8 Å². The minimum absolute atomic E-state index is 0.0217. The highest BCUT2D eigenvalue weighted by molar-refractivity contribution is 7.80. The molecule has 6 heteroatoms. The molecule has 1 aromatic heterocycles. The Morgan fingerprint density at radius 2 is 1.68 bits per heavy atom. The van der Waals surface area contributed by atoms with Gasteiger partial charge in [0.2, 0.25) is 0 Å². The van der Waals surface area contributed by atoms with E-state index in [-0.39, 0.29) is 6.17 Å². The summed E-state index contributed by atoms with van der Waals surface area (Å²) in [6, 6.07) is 22.3. The van der Waals surface area contributed by atoms with Crippen LogP contribution >= 0.6 is 12.2 Å². The van der Waals surface area contributed by atoms with Crippen molar-refractivity contribution in [1.82, 2.24) is 15.1 Å². The predicted octanol–water partition coefficient (Wildman–Crippen LogP) is 3.31. The molecular weight excluding hydrogens is 330 g/mol. The largest absolute Gasteiger partial charge is 0.358 e. The van der Waals surface area contributed by atoms with Crippen LogP contribution in [0, 0.1) is 6.92 Å². The molecule has 0 saturated carbocycles. The lowest BCUT2D eigenvalue weighted by Gasteiger charge is -2.26. The number of thiocarbonyl (C=S) groups is 1. The van der Waals surface area contributed by atoms with Crippen molar-refractivity contribution in [3.63, 3.8) is 0 Å². The van der Waals surface area contributed by atoms with Gasteiger partial charge in [0.15, 0.2) is 5.11 Å². The number of para-hydroxylation sites is 2. The second-order valence-corrected chi connectivity index (χ2v) is 6.36. The Kier molecular flexibility index (Phi) is 4.11. The second kappa shape index (κ2) is 6.57. The number of rotatable bonds is 4. The van der Waals surface area contributed by atoms with Crippen molar-refractivity contribution < 1.29 is 0 Å². The average molecular weight is 349 g/mol. The molecule has 1 aliphatic rings. The highest BCUT2D eigenvalue weighted by Crippen LogP contribution is 2.23. The third-order valence-corrected chi connectivity index (χ3v) is 4.50. The molecule has 0 spiro atoms. The monoisotopic (exact) mass is 349 g/mol. The Morgan fingerprint density at radius 3 is 2.36 bits per heavy atom. The summed E-state index contributed by atoms with van der Waals surface area (Å²) in [5, 5.41) is 12.2. The Labute approximate surface area is 152 Å². The number of aromatic nitrogens is 2. The minimum atomic E-state index is 0.0217. The minimum Gasteiger partial charge on any atom is -0.358 e. The van der Waals surface area contributed by atoms with Crippen molar-refractivity contribution >= 4 is 28.8 Å². The quantitative estimate of drug-likeness (QED) is 0.708. The SMILES string of the molecule is Cc1cc(NC2CNC(=S)N2c2ccccc2)n(-c2ccccc2)n1. The van der Waals surface area contributed by atoms with Gasteiger partial charge >= 0.3 is 0 Å². The van der Waals surface area contributed by atoms with Gasteiger partial charge in [0.05, 0.1) is 17.9 Å². The summed E-state index contributed by atoms with van der Waals surface area (Å²) >= 11 is 5.50. The maximum atomic E-state index is 5.50. The first-order valence-corrected chi connectivity index (χ1v) is 8.64. The molecule has 0 aliphatic carbocycles. The Hall–Kier alpha value is -2.86. The molecular formula is C19H19N5S. The summed E-state index contributed by atoms with van der Waals surface area (Å²) in [6.07, 6.45) is 0.0217. The third-order valence-electron chi connectivity index (χ3n) is 4.16. The second-order valence-electron chi connectivity index (χ2n) is 5.97. The van der Waals surface area contributed by atoms with Gasteiger partial charge in [-0.1, -0.05) is 36.4 Å². The Balaban J connectivity index is 1.65. The number of benzene rings is 2. The van der Waals surface area contributed by atoms with E-state index in [1.807, 2.05) is 60.1 Å². The number of nitrogens with one attached hydrogen (secondary N) is 2. The number of hydrogen-bond donors (Lipinski definition) is 2. The van der Waals surface area contributed by atoms with Gasteiger partial charge in [0.25, 0.3) is 0 Å². The molecule has 1 fully saturated rings. The lowest BCUT2D eigenvalue weighted by atomic mass is 10.3. The zero-order chi connectivity index (χ0) is 17.2. The summed E-state index contributed by atoms with van der Waals surface area (Å²) in [7, 11) is 0. The van der Waals surface area contributed by atoms with Gasteiger partial charge in [0.1, 0.15) is 12.0 Å². The van der Waals surface area contributed by atoms with Crippen LogP contribution in [0.25, 0.3) is 5.69 Å². The standard InChI is InChI=1S/C19H19N5S/c1-14-12-17(24(22-14)16-10-6-3-7-11-16)21-18-13-20-19(25)23(18)15-8-4-2-5-9-15/h2-12,18,21H,13H2,1H3,(H,20,25). The van der Waals surface area contributed by atoms with Crippen molar-refractivity contribution in [2.24, 2.45) is 0 Å². The molecule has 3 aromatic rings. The number of hydrogen-bond acceptors (Lipinski definition) is 3. The smallest absolute Gasteiger partial charge is 0.175 e. The van der Waals surface area contributed by atoms with Crippen LogP contribution in [0.15, 0.2) is 66.7 Å². The molecule has 1 unspecified atom stereocenters. The zero-order valence-corrected chi connectivity index (χ0v) is 14.7. The summed E-state index contributed by atoms with van der Waals surface area (Å²) < 4.78 is 1.93. The summed E-state index contributed by atoms with van der Waals surface area (Å²) in [4.78, 5) is 2.10. The first-order valence-electron chi connectivity index (χ1n) is 8.23. The molecule has 2 N–H and O–H groups in total. The van der Waals surface area contributed by atoms with Crippen LogP contribution in [0.1, 0.15) is 5.69 Å². The zero-order valence-electron chi connectivity index (χ0n) is 13.9. The van der Waals surface area contributed by atoms with Crippen molar-refractivity contribution in [3.05, 3.63) is 72.4 Å². The lowest BCUT2D eigenvalue weighted by molar-refractivity contribution is 0.763. The van der Waals surface area contributed by atoms with E-state index in [4.69, 9.17) is 12.2 Å². The highest BCUT2D eigenvalue weighted by atomic mass is 32.1. The maximum Gasteiger partial charge on any atom is 0.175 e. The van der Waals surface area contributed by atoms with E-state index < -0.39 is 0 Å². The topological polar surface area (TPSA) is 45.1 Å². The fraction of sp³-hybridized carbons (Fsp3) is 0.158. The molecule has 2 aromatic carbocycles. The van der Waals surface area contributed by atoms with Crippen LogP contribution in [-0.2, 0) is 0 Å². The molecule has 1 aliphatic heterocycles. The predicted molar refractivity (Wildman–Crippen MR) is 105 cm³/mol. The molecule has 25 heavy (non-hydrogen) atoms. The van der Waals surface area contributed by atoms with E-state index in [2.05, 4.69) is 38.8 Å². The van der Waals surface area contributed by atoms with Gasteiger partial charge in [-0.3, -0.25) is 4.90 Å². The van der Waals surface area contributed by atoms with E-state index >= 15 is 0 Å². The Bertz CT molecular complexity index is 875. The molecule has 2 heterocycles. The van der Waals surface area contributed by atoms with Crippen molar-refractivity contribution in [1.29, 1.82) is 0 Å². The number of anilines is 2. The van der Waals surface area contributed by atoms with E-state index in [1.165, 1.54) is 0 Å². The van der Waals surface area contributed by atoms with E-state index in [1.54, 1.807) is 0 Å². The first-order chi connectivity index (χ1) is 12.2. The first kappa shape index (κ1) is 15.7. The van der Waals surface area contributed by atoms with Gasteiger partial charge in [-0.2, -0.15) is 5.10 Å². The Morgan fingerprint density at radius 1 is 1.04 bits per heavy atom. The molecule has 4 rings (SSSR count). The van der Waals surface area contributed by atoms with Crippen LogP contribution in [0.4, 0.5) is 11.5 Å². The van der Waals surface area contributed by atoms with E-state index in [0.29, 0.717) is 0 Å². The van der Waals surface area contributed by atoms with Gasteiger partial charge in [-0.25, -0.2) is 4.68 Å². The van der Waals surface area contributed by atoms with Crippen LogP contribution in [0.3, 0.4) is 0 Å². The van der Waals surface area contributed by atoms with Crippen molar-refractivity contribution in [3.8, 4) is 5.69 Å². The maximum absolute atomic E-state index is 5.50. The van der Waals surface area contributed by atoms with Crippen LogP contribution in [0.2, 0.25) is 0 Å². The number of aryl methyl sites for hydroxylation is 1. The molecule has 0 amide bonds. The van der Waals surface area contributed by atoms with E-state index in [0.717, 1.165) is 34.5 Å². The van der Waals surface area contributed by atoms with Crippen LogP contribution < -0.4 is 15.5 Å². The highest BCUT2D eigenvalue weighted by Gasteiger charge is 2.29. The molecule has 5 nitrogen and oxygen atoms in total. The van der Waals surface area contributed by atoms with Gasteiger partial charge in [-0.15, -0.1) is 0 Å². The summed E-state index contributed by atoms with van der Waals surface area (Å²) in [6.45, 7) is 2.73. The summed E-state index contributed by atoms with van der Waals surface area (Å²) in [5.41, 5.74) is 3.06. The summed E-state index contributed by atoms with van der Waals surface area (Å²) in [5.74, 6) is 0.945. The molecule has 0 radical (unpaired) electrons. The van der Waals surface area contributed by atoms with E-state index in [9.17, 15) is 0 Å². The van der Waals surface area contributed by atoms with Gasteiger partial charge < -0.3 is 10.6 Å². The molecule has 126 valence electrons. The molecule has 1 atom stereocenters. The average Bonchev–Trinajstić information content (AvgIpc) is 3.19. The fourth-order valence-electron chi connectivity index (χ4n) is 3.04. The van der Waals surface area contributed by atoms with Crippen molar-refractivity contribution in [2.75, 3.05) is 16.8 Å².